The molecule has 6 heteroatoms. The summed E-state index contributed by atoms with van der Waals surface area (Å²) in [6.45, 7) is 3.87. The molecule has 3 N–H and O–H groups in total. The third-order valence-corrected chi connectivity index (χ3v) is 2.55. The molecule has 1 aliphatic heterocycles. The Kier molecular flexibility index (Phi) is 5.21. The lowest BCUT2D eigenvalue weighted by atomic mass is 10.2. The molecule has 1 unspecified atom stereocenters. The van der Waals surface area contributed by atoms with Gasteiger partial charge in [-0.1, -0.05) is 0 Å². The number of hydrogen-bond acceptors (Lipinski definition) is 4. The second-order valence-electron chi connectivity index (χ2n) is 3.77. The minimum absolute atomic E-state index is 0.0142. The van der Waals surface area contributed by atoms with E-state index < -0.39 is 5.91 Å². The van der Waals surface area contributed by atoms with Crippen LogP contribution in [0.4, 0.5) is 0 Å². The van der Waals surface area contributed by atoms with Crippen LogP contribution in [0.5, 0.6) is 0 Å². The molecule has 0 radical (unpaired) electrons. The third-order valence-electron chi connectivity index (χ3n) is 2.55. The molecule has 1 rings (SSSR count). The van der Waals surface area contributed by atoms with Crippen LogP contribution in [-0.4, -0.2) is 55.6 Å². The third kappa shape index (κ3) is 3.79. The first-order valence-electron chi connectivity index (χ1n) is 5.51. The van der Waals surface area contributed by atoms with Crippen molar-refractivity contribution >= 4 is 11.8 Å². The number of primary amides is 1. The van der Waals surface area contributed by atoms with Crippen LogP contribution in [0.1, 0.15) is 13.3 Å². The lowest BCUT2D eigenvalue weighted by Crippen LogP contribution is -2.47. The summed E-state index contributed by atoms with van der Waals surface area (Å²) in [5, 5.41) is 3.15. The van der Waals surface area contributed by atoms with Crippen LogP contribution in [0.25, 0.3) is 0 Å². The second-order valence-corrected chi connectivity index (χ2v) is 3.77. The Morgan fingerprint density at radius 1 is 1.56 bits per heavy atom. The highest BCUT2D eigenvalue weighted by Crippen LogP contribution is 2.08. The average molecular weight is 229 g/mol. The molecule has 0 bridgehead atoms. The van der Waals surface area contributed by atoms with Gasteiger partial charge in [0.05, 0.1) is 6.54 Å². The molecule has 0 aromatic rings. The predicted octanol–water partition coefficient (Wildman–Crippen LogP) is -1.30. The van der Waals surface area contributed by atoms with Crippen molar-refractivity contribution in [1.29, 1.82) is 0 Å². The summed E-state index contributed by atoms with van der Waals surface area (Å²) >= 11 is 0. The van der Waals surface area contributed by atoms with Crippen molar-refractivity contribution in [2.45, 2.75) is 19.4 Å². The van der Waals surface area contributed by atoms with E-state index >= 15 is 0 Å². The van der Waals surface area contributed by atoms with Gasteiger partial charge in [0.15, 0.2) is 0 Å². The highest BCUT2D eigenvalue weighted by molar-refractivity contribution is 5.84. The number of nitrogens with two attached hydrogens (primary N) is 1. The fraction of sp³-hybridized carbons (Fsp3) is 0.800. The molecule has 0 aromatic heterocycles. The first kappa shape index (κ1) is 12.9. The van der Waals surface area contributed by atoms with E-state index in [4.69, 9.17) is 10.5 Å². The van der Waals surface area contributed by atoms with Crippen LogP contribution in [0.2, 0.25) is 0 Å². The van der Waals surface area contributed by atoms with E-state index in [1.54, 1.807) is 0 Å². The Morgan fingerprint density at radius 2 is 2.31 bits per heavy atom. The Morgan fingerprint density at radius 3 is 2.81 bits per heavy atom. The van der Waals surface area contributed by atoms with Crippen LogP contribution >= 0.6 is 0 Å². The first-order valence-corrected chi connectivity index (χ1v) is 5.51. The van der Waals surface area contributed by atoms with E-state index in [1.165, 1.54) is 4.90 Å². The summed E-state index contributed by atoms with van der Waals surface area (Å²) in [4.78, 5) is 24.2. The maximum atomic E-state index is 11.8. The number of ether oxygens (including phenoxy) is 1. The first-order chi connectivity index (χ1) is 7.65. The Hall–Kier alpha value is -1.14. The largest absolute Gasteiger partial charge is 0.372 e. The fourth-order valence-electron chi connectivity index (χ4n) is 1.77. The molecular weight excluding hydrogens is 210 g/mol. The van der Waals surface area contributed by atoms with Crippen molar-refractivity contribution in [1.82, 2.24) is 10.2 Å². The molecular formula is C10H19N3O3. The number of rotatable bonds is 6. The number of nitrogens with one attached hydrogen (secondary N) is 1. The molecule has 0 aromatic carbocycles. The molecule has 2 amide bonds. The topological polar surface area (TPSA) is 84.7 Å². The molecule has 1 saturated heterocycles. The van der Waals surface area contributed by atoms with Crippen LogP contribution in [-0.2, 0) is 14.3 Å². The maximum absolute atomic E-state index is 11.8. The van der Waals surface area contributed by atoms with Crippen molar-refractivity contribution in [3.8, 4) is 0 Å². The Labute approximate surface area is 95.1 Å². The molecule has 16 heavy (non-hydrogen) atoms. The van der Waals surface area contributed by atoms with E-state index in [2.05, 4.69) is 5.32 Å². The zero-order valence-corrected chi connectivity index (χ0v) is 9.57. The predicted molar refractivity (Wildman–Crippen MR) is 58.7 cm³/mol. The van der Waals surface area contributed by atoms with Crippen LogP contribution in [0.15, 0.2) is 0 Å². The summed E-state index contributed by atoms with van der Waals surface area (Å²) in [7, 11) is 0. The zero-order chi connectivity index (χ0) is 12.0. The highest BCUT2D eigenvalue weighted by Gasteiger charge is 2.27. The van der Waals surface area contributed by atoms with Gasteiger partial charge in [-0.15, -0.1) is 0 Å². The van der Waals surface area contributed by atoms with E-state index in [9.17, 15) is 9.59 Å². The number of nitrogens with zero attached hydrogens (tertiary/aromatic N) is 1. The minimum atomic E-state index is -0.489. The summed E-state index contributed by atoms with van der Waals surface area (Å²) in [6, 6.07) is 0.0560. The van der Waals surface area contributed by atoms with Crippen molar-refractivity contribution in [2.75, 3.05) is 32.8 Å². The SMILES string of the molecule is CCOCC(=O)N(CC(N)=O)C1CCNC1. The molecule has 92 valence electrons. The minimum Gasteiger partial charge on any atom is -0.372 e. The van der Waals surface area contributed by atoms with Crippen LogP contribution in [0.3, 0.4) is 0 Å². The Balaban J connectivity index is 2.54. The molecule has 6 nitrogen and oxygen atoms in total. The van der Waals surface area contributed by atoms with Crippen molar-refractivity contribution in [3.05, 3.63) is 0 Å². The Bertz CT molecular complexity index is 252. The van der Waals surface area contributed by atoms with Gasteiger partial charge >= 0.3 is 0 Å². The van der Waals surface area contributed by atoms with E-state index in [1.807, 2.05) is 6.92 Å². The van der Waals surface area contributed by atoms with Crippen molar-refractivity contribution in [2.24, 2.45) is 5.73 Å². The number of hydrogen-bond donors (Lipinski definition) is 2. The molecule has 0 spiro atoms. The van der Waals surface area contributed by atoms with Gasteiger partial charge in [0.1, 0.15) is 6.61 Å². The summed E-state index contributed by atoms with van der Waals surface area (Å²) < 4.78 is 5.05. The average Bonchev–Trinajstić information content (AvgIpc) is 2.75. The normalized spacial score (nSPS) is 19.7. The maximum Gasteiger partial charge on any atom is 0.249 e. The quantitative estimate of drug-likeness (QED) is 0.593. The van der Waals surface area contributed by atoms with Gasteiger partial charge in [0, 0.05) is 19.2 Å². The van der Waals surface area contributed by atoms with Gasteiger partial charge in [-0.3, -0.25) is 9.59 Å². The summed E-state index contributed by atoms with van der Waals surface area (Å²) in [5.41, 5.74) is 5.13. The van der Waals surface area contributed by atoms with Gasteiger partial charge in [0.2, 0.25) is 11.8 Å². The van der Waals surface area contributed by atoms with Crippen molar-refractivity contribution in [3.63, 3.8) is 0 Å². The van der Waals surface area contributed by atoms with Crippen LogP contribution in [0, 0.1) is 0 Å². The molecule has 0 saturated carbocycles. The van der Waals surface area contributed by atoms with E-state index in [0.717, 1.165) is 13.0 Å². The van der Waals surface area contributed by atoms with E-state index in [-0.39, 0.29) is 25.1 Å². The lowest BCUT2D eigenvalue weighted by Gasteiger charge is -2.27. The van der Waals surface area contributed by atoms with Gasteiger partial charge in [-0.05, 0) is 19.9 Å². The van der Waals surface area contributed by atoms with Gasteiger partial charge in [-0.2, -0.15) is 0 Å². The molecule has 1 atom stereocenters. The monoisotopic (exact) mass is 229 g/mol. The number of carbonyl (C=O) groups is 2. The van der Waals surface area contributed by atoms with Gasteiger partial charge in [-0.25, -0.2) is 0 Å². The van der Waals surface area contributed by atoms with Crippen molar-refractivity contribution < 1.29 is 14.3 Å². The lowest BCUT2D eigenvalue weighted by molar-refractivity contribution is -0.141. The van der Waals surface area contributed by atoms with Gasteiger partial charge < -0.3 is 20.7 Å². The molecule has 0 aliphatic carbocycles. The highest BCUT2D eigenvalue weighted by atomic mass is 16.5. The molecule has 1 heterocycles. The smallest absolute Gasteiger partial charge is 0.249 e. The van der Waals surface area contributed by atoms with Gasteiger partial charge in [0.25, 0.3) is 0 Å². The summed E-state index contributed by atoms with van der Waals surface area (Å²) in [6.07, 6.45) is 0.852. The second kappa shape index (κ2) is 6.44. The standard InChI is InChI=1S/C10H19N3O3/c1-2-16-7-10(15)13(6-9(11)14)8-3-4-12-5-8/h8,12H,2-7H2,1H3,(H2,11,14). The number of carbonyl (C=O) groups excluding carboxylic acids is 2. The van der Waals surface area contributed by atoms with E-state index in [0.29, 0.717) is 13.2 Å². The number of amides is 2. The fourth-order valence-corrected chi connectivity index (χ4v) is 1.77. The zero-order valence-electron chi connectivity index (χ0n) is 9.57. The molecule has 1 aliphatic rings. The summed E-state index contributed by atoms with van der Waals surface area (Å²) in [5.74, 6) is -0.661. The molecule has 1 fully saturated rings. The van der Waals surface area contributed by atoms with Crippen LogP contribution < -0.4 is 11.1 Å².